The molecule has 0 aliphatic heterocycles. The highest BCUT2D eigenvalue weighted by molar-refractivity contribution is 5.87. The highest BCUT2D eigenvalue weighted by atomic mass is 16.6. The minimum atomic E-state index is -0.334. The topological polar surface area (TPSA) is 38.3 Å². The summed E-state index contributed by atoms with van der Waals surface area (Å²) in [5.74, 6) is 0.388. The number of rotatable bonds is 7. The SMILES string of the molecule is C=C(C)C(=O)OC(C)NCCCC(C)C. The molecule has 1 atom stereocenters. The molecule has 0 aliphatic carbocycles. The van der Waals surface area contributed by atoms with Gasteiger partial charge in [-0.25, -0.2) is 4.79 Å². The second-order valence-corrected chi connectivity index (χ2v) is 4.32. The summed E-state index contributed by atoms with van der Waals surface area (Å²) in [4.78, 5) is 11.1. The van der Waals surface area contributed by atoms with Gasteiger partial charge >= 0.3 is 5.97 Å². The van der Waals surface area contributed by atoms with Crippen molar-refractivity contribution in [3.8, 4) is 0 Å². The van der Waals surface area contributed by atoms with Crippen molar-refractivity contribution >= 4 is 5.97 Å². The van der Waals surface area contributed by atoms with Crippen molar-refractivity contribution in [3.63, 3.8) is 0 Å². The summed E-state index contributed by atoms with van der Waals surface area (Å²) in [5, 5.41) is 3.14. The summed E-state index contributed by atoms with van der Waals surface area (Å²) in [6.45, 7) is 12.3. The second-order valence-electron chi connectivity index (χ2n) is 4.32. The molecular formula is C12H23NO2. The van der Waals surface area contributed by atoms with Gasteiger partial charge in [-0.15, -0.1) is 0 Å². The van der Waals surface area contributed by atoms with Crippen LogP contribution in [-0.2, 0) is 9.53 Å². The Labute approximate surface area is 92.9 Å². The van der Waals surface area contributed by atoms with Crippen LogP contribution in [0.2, 0.25) is 0 Å². The van der Waals surface area contributed by atoms with Crippen molar-refractivity contribution in [1.29, 1.82) is 0 Å². The fourth-order valence-corrected chi connectivity index (χ4v) is 1.12. The molecule has 0 saturated heterocycles. The molecule has 0 saturated carbocycles. The van der Waals surface area contributed by atoms with E-state index >= 15 is 0 Å². The third kappa shape index (κ3) is 8.18. The molecule has 0 aliphatic rings. The Kier molecular flexibility index (Phi) is 7.05. The summed E-state index contributed by atoms with van der Waals surface area (Å²) < 4.78 is 5.07. The number of ether oxygens (including phenoxy) is 1. The van der Waals surface area contributed by atoms with Crippen LogP contribution in [0.5, 0.6) is 0 Å². The number of carbonyl (C=O) groups excluding carboxylic acids is 1. The molecule has 0 rings (SSSR count). The fraction of sp³-hybridized carbons (Fsp3) is 0.750. The van der Waals surface area contributed by atoms with Gasteiger partial charge in [0, 0.05) is 5.57 Å². The van der Waals surface area contributed by atoms with Gasteiger partial charge in [-0.1, -0.05) is 20.4 Å². The molecule has 0 fully saturated rings. The van der Waals surface area contributed by atoms with Crippen molar-refractivity contribution in [1.82, 2.24) is 5.32 Å². The van der Waals surface area contributed by atoms with Crippen LogP contribution in [0.1, 0.15) is 40.5 Å². The first-order valence-corrected chi connectivity index (χ1v) is 5.53. The molecule has 0 amide bonds. The van der Waals surface area contributed by atoms with Crippen LogP contribution in [0.25, 0.3) is 0 Å². The van der Waals surface area contributed by atoms with E-state index in [1.54, 1.807) is 6.92 Å². The molecule has 1 unspecified atom stereocenters. The maximum Gasteiger partial charge on any atom is 0.334 e. The maximum absolute atomic E-state index is 11.1. The smallest absolute Gasteiger partial charge is 0.334 e. The normalized spacial score (nSPS) is 12.6. The Balaban J connectivity index is 3.53. The van der Waals surface area contributed by atoms with Crippen molar-refractivity contribution in [2.45, 2.75) is 46.8 Å². The van der Waals surface area contributed by atoms with Crippen LogP contribution in [0.15, 0.2) is 12.2 Å². The standard InChI is InChI=1S/C12H23NO2/c1-9(2)7-6-8-13-11(5)15-12(14)10(3)4/h9,11,13H,3,6-8H2,1-2,4-5H3. The monoisotopic (exact) mass is 213 g/mol. The molecule has 0 heterocycles. The average Bonchev–Trinajstić information content (AvgIpc) is 2.12. The van der Waals surface area contributed by atoms with E-state index in [4.69, 9.17) is 4.74 Å². The average molecular weight is 213 g/mol. The summed E-state index contributed by atoms with van der Waals surface area (Å²) >= 11 is 0. The predicted molar refractivity (Wildman–Crippen MR) is 62.4 cm³/mol. The van der Waals surface area contributed by atoms with Gasteiger partial charge in [-0.05, 0) is 39.2 Å². The molecule has 1 N–H and O–H groups in total. The van der Waals surface area contributed by atoms with E-state index in [1.165, 1.54) is 6.42 Å². The van der Waals surface area contributed by atoms with E-state index in [-0.39, 0.29) is 12.2 Å². The second kappa shape index (κ2) is 7.46. The van der Waals surface area contributed by atoms with Crippen LogP contribution in [0.3, 0.4) is 0 Å². The first kappa shape index (κ1) is 14.2. The highest BCUT2D eigenvalue weighted by Crippen LogP contribution is 2.02. The lowest BCUT2D eigenvalue weighted by molar-refractivity contribution is -0.144. The van der Waals surface area contributed by atoms with Gasteiger partial charge in [-0.2, -0.15) is 0 Å². The maximum atomic E-state index is 11.1. The fourth-order valence-electron chi connectivity index (χ4n) is 1.12. The highest BCUT2D eigenvalue weighted by Gasteiger charge is 2.08. The Morgan fingerprint density at radius 3 is 2.47 bits per heavy atom. The van der Waals surface area contributed by atoms with Crippen molar-refractivity contribution in [2.75, 3.05) is 6.54 Å². The van der Waals surface area contributed by atoms with E-state index in [2.05, 4.69) is 25.7 Å². The summed E-state index contributed by atoms with van der Waals surface area (Å²) in [5.41, 5.74) is 0.436. The molecule has 0 radical (unpaired) electrons. The Morgan fingerprint density at radius 2 is 2.00 bits per heavy atom. The summed E-state index contributed by atoms with van der Waals surface area (Å²) in [6, 6.07) is 0. The summed E-state index contributed by atoms with van der Waals surface area (Å²) in [7, 11) is 0. The van der Waals surface area contributed by atoms with Crippen molar-refractivity contribution in [2.24, 2.45) is 5.92 Å². The van der Waals surface area contributed by atoms with Crippen LogP contribution < -0.4 is 5.32 Å². The van der Waals surface area contributed by atoms with E-state index in [9.17, 15) is 4.79 Å². The number of hydrogen-bond acceptors (Lipinski definition) is 3. The Hall–Kier alpha value is -0.830. The number of nitrogens with one attached hydrogen (secondary N) is 1. The van der Waals surface area contributed by atoms with Crippen molar-refractivity contribution in [3.05, 3.63) is 12.2 Å². The van der Waals surface area contributed by atoms with Gasteiger partial charge in [0.15, 0.2) is 6.23 Å². The quantitative estimate of drug-likeness (QED) is 0.305. The van der Waals surface area contributed by atoms with Gasteiger partial charge in [0.1, 0.15) is 0 Å². The van der Waals surface area contributed by atoms with Crippen LogP contribution in [-0.4, -0.2) is 18.7 Å². The number of carbonyl (C=O) groups is 1. The predicted octanol–water partition coefficient (Wildman–Crippen LogP) is 2.48. The Morgan fingerprint density at radius 1 is 1.40 bits per heavy atom. The lowest BCUT2D eigenvalue weighted by atomic mass is 10.1. The zero-order valence-electron chi connectivity index (χ0n) is 10.3. The van der Waals surface area contributed by atoms with Gasteiger partial charge < -0.3 is 4.74 Å². The van der Waals surface area contributed by atoms with E-state index in [1.807, 2.05) is 6.92 Å². The van der Waals surface area contributed by atoms with Crippen LogP contribution in [0.4, 0.5) is 0 Å². The molecule has 15 heavy (non-hydrogen) atoms. The Bertz CT molecular complexity index is 212. The minimum absolute atomic E-state index is 0.235. The molecular weight excluding hydrogens is 190 g/mol. The van der Waals surface area contributed by atoms with Gasteiger partial charge in [0.05, 0.1) is 0 Å². The van der Waals surface area contributed by atoms with Gasteiger partial charge in [-0.3, -0.25) is 5.32 Å². The zero-order chi connectivity index (χ0) is 11.8. The molecule has 3 heteroatoms. The molecule has 0 aromatic heterocycles. The van der Waals surface area contributed by atoms with Crippen molar-refractivity contribution < 1.29 is 9.53 Å². The summed E-state index contributed by atoms with van der Waals surface area (Å²) in [6.07, 6.45) is 2.06. The minimum Gasteiger partial charge on any atom is -0.444 e. The van der Waals surface area contributed by atoms with E-state index < -0.39 is 0 Å². The molecule has 0 aromatic rings. The first-order valence-electron chi connectivity index (χ1n) is 5.53. The molecule has 0 spiro atoms. The molecule has 0 bridgehead atoms. The third-order valence-electron chi connectivity index (χ3n) is 2.02. The van der Waals surface area contributed by atoms with E-state index in [0.29, 0.717) is 5.57 Å². The van der Waals surface area contributed by atoms with Crippen LogP contribution in [0, 0.1) is 5.92 Å². The largest absolute Gasteiger partial charge is 0.444 e. The first-order chi connectivity index (χ1) is 6.93. The zero-order valence-corrected chi connectivity index (χ0v) is 10.3. The molecule has 88 valence electrons. The van der Waals surface area contributed by atoms with Gasteiger partial charge in [0.2, 0.25) is 0 Å². The number of hydrogen-bond donors (Lipinski definition) is 1. The molecule has 3 nitrogen and oxygen atoms in total. The lowest BCUT2D eigenvalue weighted by Crippen LogP contribution is -2.32. The third-order valence-corrected chi connectivity index (χ3v) is 2.02. The number of esters is 1. The van der Waals surface area contributed by atoms with E-state index in [0.717, 1.165) is 18.9 Å². The van der Waals surface area contributed by atoms with Gasteiger partial charge in [0.25, 0.3) is 0 Å². The lowest BCUT2D eigenvalue weighted by Gasteiger charge is -2.15. The molecule has 0 aromatic carbocycles. The van der Waals surface area contributed by atoms with Crippen LogP contribution >= 0.6 is 0 Å².